The van der Waals surface area contributed by atoms with Gasteiger partial charge in [0.25, 0.3) is 0 Å². The van der Waals surface area contributed by atoms with Crippen molar-refractivity contribution in [3.8, 4) is 0 Å². The van der Waals surface area contributed by atoms with Gasteiger partial charge in [-0.2, -0.15) is 4.31 Å². The van der Waals surface area contributed by atoms with E-state index >= 15 is 0 Å². The highest BCUT2D eigenvalue weighted by molar-refractivity contribution is 7.89. The van der Waals surface area contributed by atoms with Crippen LogP contribution in [0.1, 0.15) is 5.56 Å². The van der Waals surface area contributed by atoms with E-state index in [1.807, 2.05) is 0 Å². The summed E-state index contributed by atoms with van der Waals surface area (Å²) in [5.74, 6) is -0.328. The summed E-state index contributed by atoms with van der Waals surface area (Å²) >= 11 is 5.97. The predicted molar refractivity (Wildman–Crippen MR) is 79.0 cm³/mol. The Bertz CT molecular complexity index is 743. The molecule has 2 saturated heterocycles. The van der Waals surface area contributed by atoms with Crippen molar-refractivity contribution in [1.82, 2.24) is 14.5 Å². The highest BCUT2D eigenvalue weighted by Crippen LogP contribution is 2.29. The molecule has 2 heterocycles. The van der Waals surface area contributed by atoms with Crippen molar-refractivity contribution in [3.63, 3.8) is 0 Å². The minimum Gasteiger partial charge on any atom is -0.329 e. The molecule has 3 rings (SSSR count). The van der Waals surface area contributed by atoms with E-state index in [2.05, 4.69) is 5.32 Å². The van der Waals surface area contributed by atoms with Crippen LogP contribution in [0.5, 0.6) is 0 Å². The first-order valence-electron chi connectivity index (χ1n) is 6.67. The molecule has 2 aliphatic heterocycles. The Labute approximate surface area is 132 Å². The Balaban J connectivity index is 1.78. The van der Waals surface area contributed by atoms with Crippen molar-refractivity contribution < 1.29 is 18.0 Å². The van der Waals surface area contributed by atoms with Crippen molar-refractivity contribution in [2.75, 3.05) is 19.6 Å². The first-order valence-corrected chi connectivity index (χ1v) is 8.49. The fraction of sp³-hybridized carbons (Fsp3) is 0.385. The quantitative estimate of drug-likeness (QED) is 0.813. The van der Waals surface area contributed by atoms with E-state index in [4.69, 9.17) is 11.6 Å². The summed E-state index contributed by atoms with van der Waals surface area (Å²) < 4.78 is 26.4. The smallest absolute Gasteiger partial charge is 0.324 e. The normalized spacial score (nSPS) is 20.2. The van der Waals surface area contributed by atoms with Gasteiger partial charge in [-0.25, -0.2) is 13.2 Å². The van der Waals surface area contributed by atoms with Crippen molar-refractivity contribution in [2.24, 2.45) is 0 Å². The number of nitrogens with zero attached hydrogens (tertiary/aromatic N) is 2. The van der Waals surface area contributed by atoms with Gasteiger partial charge in [-0.1, -0.05) is 17.7 Å². The highest BCUT2D eigenvalue weighted by Gasteiger charge is 2.45. The second-order valence-electron chi connectivity index (χ2n) is 5.26. The van der Waals surface area contributed by atoms with Crippen molar-refractivity contribution >= 4 is 33.6 Å². The molecule has 1 aromatic rings. The molecule has 1 N–H and O–H groups in total. The summed E-state index contributed by atoms with van der Waals surface area (Å²) in [6.45, 7) is 1.82. The molecule has 22 heavy (non-hydrogen) atoms. The number of hydrogen-bond donors (Lipinski definition) is 1. The molecule has 1 aromatic carbocycles. The fourth-order valence-corrected chi connectivity index (χ4v) is 4.58. The van der Waals surface area contributed by atoms with Gasteiger partial charge < -0.3 is 5.32 Å². The van der Waals surface area contributed by atoms with Crippen LogP contribution in [0.25, 0.3) is 0 Å². The zero-order valence-electron chi connectivity index (χ0n) is 11.7. The molecule has 0 aliphatic carbocycles. The summed E-state index contributed by atoms with van der Waals surface area (Å²) in [6, 6.07) is 3.83. The summed E-state index contributed by atoms with van der Waals surface area (Å²) in [5.41, 5.74) is 0.489. The fourth-order valence-electron chi connectivity index (χ4n) is 2.59. The number of benzene rings is 1. The molecule has 0 atom stereocenters. The van der Waals surface area contributed by atoms with Gasteiger partial charge in [0.05, 0.1) is 17.5 Å². The number of imide groups is 1. The average molecular weight is 344 g/mol. The second-order valence-corrected chi connectivity index (χ2v) is 7.57. The molecule has 7 nitrogen and oxygen atoms in total. The number of rotatable bonds is 3. The molecule has 9 heteroatoms. The number of halogens is 1. The Hall–Kier alpha value is -1.64. The maximum absolute atomic E-state index is 12.6. The van der Waals surface area contributed by atoms with Crippen LogP contribution in [0.15, 0.2) is 23.1 Å². The van der Waals surface area contributed by atoms with Gasteiger partial charge in [0.1, 0.15) is 0 Å². The third kappa shape index (κ3) is 2.27. The predicted octanol–water partition coefficient (Wildman–Crippen LogP) is 0.573. The summed E-state index contributed by atoms with van der Waals surface area (Å²) in [7, 11) is -3.67. The monoisotopic (exact) mass is 343 g/mol. The maximum atomic E-state index is 12.6. The van der Waals surface area contributed by atoms with E-state index in [1.54, 1.807) is 19.1 Å². The Morgan fingerprint density at radius 3 is 2.55 bits per heavy atom. The van der Waals surface area contributed by atoms with Crippen LogP contribution in [-0.2, 0) is 14.8 Å². The number of hydrogen-bond acceptors (Lipinski definition) is 4. The SMILES string of the molecule is Cc1c(Cl)cccc1S(=O)(=O)N1CC(N2C(=O)CNC2=O)C1. The molecule has 118 valence electrons. The van der Waals surface area contributed by atoms with E-state index in [-0.39, 0.29) is 30.4 Å². The van der Waals surface area contributed by atoms with E-state index in [9.17, 15) is 18.0 Å². The standard InChI is InChI=1S/C13H14ClN3O4S/c1-8-10(14)3-2-4-11(8)22(20,21)16-6-9(7-16)17-12(18)5-15-13(17)19/h2-4,9H,5-7H2,1H3,(H,15,19). The van der Waals surface area contributed by atoms with E-state index in [1.165, 1.54) is 10.4 Å². The molecular formula is C13H14ClN3O4S. The molecular weight excluding hydrogens is 330 g/mol. The number of urea groups is 1. The molecule has 2 fully saturated rings. The van der Waals surface area contributed by atoms with Gasteiger partial charge in [-0.05, 0) is 24.6 Å². The van der Waals surface area contributed by atoms with Crippen molar-refractivity contribution in [2.45, 2.75) is 17.9 Å². The van der Waals surface area contributed by atoms with Crippen LogP contribution in [-0.4, -0.2) is 55.2 Å². The molecule has 0 aromatic heterocycles. The lowest BCUT2D eigenvalue weighted by Crippen LogP contribution is -2.62. The average Bonchev–Trinajstić information content (AvgIpc) is 2.72. The highest BCUT2D eigenvalue weighted by atomic mass is 35.5. The van der Waals surface area contributed by atoms with Crippen LogP contribution in [0.4, 0.5) is 4.79 Å². The summed E-state index contributed by atoms with van der Waals surface area (Å²) in [6.07, 6.45) is 0. The molecule has 0 bridgehead atoms. The zero-order chi connectivity index (χ0) is 16.1. The van der Waals surface area contributed by atoms with E-state index < -0.39 is 22.1 Å². The minimum absolute atomic E-state index is 0.0323. The van der Waals surface area contributed by atoms with Gasteiger partial charge in [0.2, 0.25) is 15.9 Å². The molecule has 0 unspecified atom stereocenters. The number of amides is 3. The third-order valence-corrected chi connectivity index (χ3v) is 6.29. The maximum Gasteiger partial charge on any atom is 0.324 e. The molecule has 3 amide bonds. The van der Waals surface area contributed by atoms with Crippen molar-refractivity contribution in [1.29, 1.82) is 0 Å². The Morgan fingerprint density at radius 1 is 1.27 bits per heavy atom. The van der Waals surface area contributed by atoms with Crippen LogP contribution >= 0.6 is 11.6 Å². The van der Waals surface area contributed by atoms with Gasteiger partial charge >= 0.3 is 6.03 Å². The van der Waals surface area contributed by atoms with E-state index in [0.717, 1.165) is 4.90 Å². The first kappa shape index (κ1) is 15.3. The van der Waals surface area contributed by atoms with Crippen LogP contribution < -0.4 is 5.32 Å². The third-order valence-electron chi connectivity index (χ3n) is 3.91. The largest absolute Gasteiger partial charge is 0.329 e. The zero-order valence-corrected chi connectivity index (χ0v) is 13.3. The summed E-state index contributed by atoms with van der Waals surface area (Å²) in [5, 5.41) is 2.80. The number of carbonyl (C=O) groups excluding carboxylic acids is 2. The number of sulfonamides is 1. The molecule has 2 aliphatic rings. The number of nitrogens with one attached hydrogen (secondary N) is 1. The lowest BCUT2D eigenvalue weighted by Gasteiger charge is -2.41. The van der Waals surface area contributed by atoms with Crippen LogP contribution in [0.2, 0.25) is 5.02 Å². The molecule has 0 radical (unpaired) electrons. The minimum atomic E-state index is -3.67. The Kier molecular flexibility index (Phi) is 3.62. The van der Waals surface area contributed by atoms with Crippen LogP contribution in [0, 0.1) is 6.92 Å². The lowest BCUT2D eigenvalue weighted by atomic mass is 10.1. The van der Waals surface area contributed by atoms with Crippen LogP contribution in [0.3, 0.4) is 0 Å². The lowest BCUT2D eigenvalue weighted by molar-refractivity contribution is -0.128. The van der Waals surface area contributed by atoms with E-state index in [0.29, 0.717) is 10.6 Å². The summed E-state index contributed by atoms with van der Waals surface area (Å²) in [4.78, 5) is 24.4. The molecule has 0 spiro atoms. The molecule has 0 saturated carbocycles. The van der Waals surface area contributed by atoms with Crippen molar-refractivity contribution in [3.05, 3.63) is 28.8 Å². The van der Waals surface area contributed by atoms with Gasteiger partial charge in [0, 0.05) is 18.1 Å². The van der Waals surface area contributed by atoms with Gasteiger partial charge in [-0.3, -0.25) is 9.69 Å². The Morgan fingerprint density at radius 2 is 1.95 bits per heavy atom. The topological polar surface area (TPSA) is 86.8 Å². The van der Waals surface area contributed by atoms with Gasteiger partial charge in [0.15, 0.2) is 0 Å². The van der Waals surface area contributed by atoms with Gasteiger partial charge in [-0.15, -0.1) is 0 Å². The number of carbonyl (C=O) groups is 2. The first-order chi connectivity index (χ1) is 10.3. The second kappa shape index (κ2) is 5.22.